The van der Waals surface area contributed by atoms with E-state index < -0.39 is 0 Å². The van der Waals surface area contributed by atoms with Crippen LogP contribution in [-0.4, -0.2) is 54.2 Å². The highest BCUT2D eigenvalue weighted by molar-refractivity contribution is 7.80. The molecule has 2 atom stereocenters. The van der Waals surface area contributed by atoms with Gasteiger partial charge in [-0.05, 0) is 44.3 Å². The highest BCUT2D eigenvalue weighted by Gasteiger charge is 2.41. The Morgan fingerprint density at radius 3 is 2.70 bits per heavy atom. The number of rotatable bonds is 6. The van der Waals surface area contributed by atoms with Crippen LogP contribution >= 0.6 is 12.2 Å². The van der Waals surface area contributed by atoms with Crippen molar-refractivity contribution in [2.75, 3.05) is 13.7 Å². The summed E-state index contributed by atoms with van der Waals surface area (Å²) in [6, 6.07) is 7.69. The standard InChI is InChI=1S/C20H23N7O2S/c1-13-10-15(14(2)27(13)25-11-22-23-12-25)19-18(16-6-4-5-8-21-16)24-20(30)26(19)9-7-17(28)29-3/h4-6,8,10-12,18-19H,7,9H2,1-3H3,(H,24,30)/t18-,19+/m1/s1. The summed E-state index contributed by atoms with van der Waals surface area (Å²) < 4.78 is 8.71. The highest BCUT2D eigenvalue weighted by atomic mass is 32.1. The van der Waals surface area contributed by atoms with Crippen LogP contribution in [0, 0.1) is 13.8 Å². The van der Waals surface area contributed by atoms with E-state index in [-0.39, 0.29) is 24.5 Å². The molecule has 156 valence electrons. The smallest absolute Gasteiger partial charge is 0.307 e. The van der Waals surface area contributed by atoms with E-state index >= 15 is 0 Å². The molecule has 4 rings (SSSR count). The molecule has 1 aliphatic heterocycles. The number of esters is 1. The summed E-state index contributed by atoms with van der Waals surface area (Å²) in [5.74, 6) is -0.271. The first-order valence-corrected chi connectivity index (χ1v) is 10.0. The summed E-state index contributed by atoms with van der Waals surface area (Å²) in [6.07, 6.45) is 5.34. The molecule has 0 bridgehead atoms. The number of carbonyl (C=O) groups excluding carboxylic acids is 1. The summed E-state index contributed by atoms with van der Waals surface area (Å²) in [6.45, 7) is 4.53. The van der Waals surface area contributed by atoms with Gasteiger partial charge in [0, 0.05) is 29.7 Å². The van der Waals surface area contributed by atoms with Crippen molar-refractivity contribution in [3.05, 3.63) is 65.8 Å². The van der Waals surface area contributed by atoms with E-state index in [1.165, 1.54) is 7.11 Å². The van der Waals surface area contributed by atoms with Crippen LogP contribution in [0.1, 0.15) is 41.1 Å². The van der Waals surface area contributed by atoms with E-state index in [0.717, 1.165) is 22.6 Å². The molecule has 0 aliphatic carbocycles. The molecule has 0 spiro atoms. The van der Waals surface area contributed by atoms with E-state index in [0.29, 0.717) is 11.7 Å². The summed E-state index contributed by atoms with van der Waals surface area (Å²) in [7, 11) is 1.39. The Bertz CT molecular complexity index is 1050. The minimum atomic E-state index is -0.271. The average Bonchev–Trinajstić information content (AvgIpc) is 3.45. The van der Waals surface area contributed by atoms with Gasteiger partial charge in [-0.2, -0.15) is 0 Å². The van der Waals surface area contributed by atoms with Gasteiger partial charge in [0.15, 0.2) is 5.11 Å². The Morgan fingerprint density at radius 1 is 1.27 bits per heavy atom. The first-order valence-electron chi connectivity index (χ1n) is 9.60. The Kier molecular flexibility index (Phi) is 5.49. The number of aromatic nitrogens is 5. The number of methoxy groups -OCH3 is 1. The molecule has 0 radical (unpaired) electrons. The first kappa shape index (κ1) is 20.0. The maximum absolute atomic E-state index is 11.8. The molecule has 0 unspecified atom stereocenters. The van der Waals surface area contributed by atoms with E-state index in [1.807, 2.05) is 39.4 Å². The van der Waals surface area contributed by atoms with E-state index in [9.17, 15) is 4.79 Å². The largest absolute Gasteiger partial charge is 0.469 e. The molecule has 1 saturated heterocycles. The molecule has 0 saturated carbocycles. The topological polar surface area (TPSA) is 90.1 Å². The molecule has 4 heterocycles. The predicted octanol–water partition coefficient (Wildman–Crippen LogP) is 1.94. The second-order valence-corrected chi connectivity index (χ2v) is 7.51. The van der Waals surface area contributed by atoms with Crippen LogP contribution in [0.25, 0.3) is 0 Å². The molecule has 0 amide bonds. The van der Waals surface area contributed by atoms with Gasteiger partial charge in [0.25, 0.3) is 0 Å². The van der Waals surface area contributed by atoms with Gasteiger partial charge >= 0.3 is 5.97 Å². The van der Waals surface area contributed by atoms with Crippen LogP contribution in [0.3, 0.4) is 0 Å². The van der Waals surface area contributed by atoms with Crippen LogP contribution in [0.4, 0.5) is 0 Å². The van der Waals surface area contributed by atoms with Crippen molar-refractivity contribution in [2.24, 2.45) is 0 Å². The van der Waals surface area contributed by atoms with Crippen molar-refractivity contribution in [1.82, 2.24) is 34.8 Å². The maximum atomic E-state index is 11.8. The van der Waals surface area contributed by atoms with Crippen molar-refractivity contribution in [3.63, 3.8) is 0 Å². The van der Waals surface area contributed by atoms with Gasteiger partial charge in [0.1, 0.15) is 12.7 Å². The van der Waals surface area contributed by atoms with Crippen LogP contribution in [0.2, 0.25) is 0 Å². The van der Waals surface area contributed by atoms with Gasteiger partial charge in [-0.1, -0.05) is 6.07 Å². The average molecular weight is 426 g/mol. The van der Waals surface area contributed by atoms with Gasteiger partial charge in [-0.3, -0.25) is 14.5 Å². The fourth-order valence-corrected chi connectivity index (χ4v) is 4.36. The molecule has 9 nitrogen and oxygen atoms in total. The third-order valence-electron chi connectivity index (χ3n) is 5.37. The number of nitrogens with zero attached hydrogens (tertiary/aromatic N) is 6. The predicted molar refractivity (Wildman–Crippen MR) is 114 cm³/mol. The molecule has 3 aromatic rings. The van der Waals surface area contributed by atoms with Gasteiger partial charge in [-0.15, -0.1) is 10.2 Å². The molecule has 30 heavy (non-hydrogen) atoms. The molecule has 1 aliphatic rings. The number of aryl methyl sites for hydroxylation is 1. The van der Waals surface area contributed by atoms with Crippen molar-refractivity contribution in [1.29, 1.82) is 0 Å². The maximum Gasteiger partial charge on any atom is 0.307 e. The Morgan fingerprint density at radius 2 is 2.03 bits per heavy atom. The zero-order chi connectivity index (χ0) is 21.3. The lowest BCUT2D eigenvalue weighted by Gasteiger charge is -2.27. The van der Waals surface area contributed by atoms with Crippen molar-refractivity contribution in [2.45, 2.75) is 32.4 Å². The fourth-order valence-electron chi connectivity index (χ4n) is 4.03. The number of nitrogens with one attached hydrogen (secondary N) is 1. The lowest BCUT2D eigenvalue weighted by atomic mass is 9.96. The van der Waals surface area contributed by atoms with Crippen LogP contribution < -0.4 is 5.32 Å². The summed E-state index contributed by atoms with van der Waals surface area (Å²) in [5.41, 5.74) is 4.05. The monoisotopic (exact) mass is 425 g/mol. The molecular formula is C20H23N7O2S. The van der Waals surface area contributed by atoms with Crippen LogP contribution in [0.15, 0.2) is 43.1 Å². The van der Waals surface area contributed by atoms with E-state index in [4.69, 9.17) is 17.0 Å². The number of thiocarbonyl (C=S) groups is 1. The second kappa shape index (κ2) is 8.23. The fraction of sp³-hybridized carbons (Fsp3) is 0.350. The van der Waals surface area contributed by atoms with E-state index in [1.54, 1.807) is 18.9 Å². The summed E-state index contributed by atoms with van der Waals surface area (Å²) in [4.78, 5) is 18.4. The van der Waals surface area contributed by atoms with Crippen LogP contribution in [-0.2, 0) is 9.53 Å². The molecule has 0 aromatic carbocycles. The number of hydrogen-bond acceptors (Lipinski definition) is 6. The minimum Gasteiger partial charge on any atom is -0.469 e. The zero-order valence-electron chi connectivity index (χ0n) is 17.0. The lowest BCUT2D eigenvalue weighted by Crippen LogP contribution is -2.32. The Balaban J connectivity index is 1.78. The Hall–Kier alpha value is -3.27. The second-order valence-electron chi connectivity index (χ2n) is 7.13. The van der Waals surface area contributed by atoms with Crippen molar-refractivity contribution in [3.8, 4) is 0 Å². The lowest BCUT2D eigenvalue weighted by molar-refractivity contribution is -0.140. The molecule has 10 heteroatoms. The Labute approximate surface area is 179 Å². The molecule has 3 aromatic heterocycles. The van der Waals surface area contributed by atoms with Gasteiger partial charge < -0.3 is 15.0 Å². The number of pyridine rings is 1. The van der Waals surface area contributed by atoms with Gasteiger partial charge in [0.2, 0.25) is 0 Å². The molecular weight excluding hydrogens is 402 g/mol. The van der Waals surface area contributed by atoms with Gasteiger partial charge in [0.05, 0.1) is 31.3 Å². The van der Waals surface area contributed by atoms with Crippen LogP contribution in [0.5, 0.6) is 0 Å². The number of hydrogen-bond donors (Lipinski definition) is 1. The molecule has 1 fully saturated rings. The summed E-state index contributed by atoms with van der Waals surface area (Å²) >= 11 is 5.65. The third-order valence-corrected chi connectivity index (χ3v) is 5.72. The number of carbonyl (C=O) groups is 1. The third kappa shape index (κ3) is 3.54. The van der Waals surface area contributed by atoms with Gasteiger partial charge in [-0.25, -0.2) is 4.68 Å². The molecule has 1 N–H and O–H groups in total. The van der Waals surface area contributed by atoms with Crippen molar-refractivity contribution >= 4 is 23.3 Å². The zero-order valence-corrected chi connectivity index (χ0v) is 17.8. The number of ether oxygens (including phenoxy) is 1. The SMILES string of the molecule is COC(=O)CCN1C(=S)N[C@H](c2ccccn2)[C@@H]1c1cc(C)n(-n2cnnc2)c1C. The van der Waals surface area contributed by atoms with E-state index in [2.05, 4.69) is 33.5 Å². The summed E-state index contributed by atoms with van der Waals surface area (Å²) in [5, 5.41) is 11.8. The first-order chi connectivity index (χ1) is 14.5. The minimum absolute atomic E-state index is 0.131. The van der Waals surface area contributed by atoms with Crippen molar-refractivity contribution < 1.29 is 9.53 Å². The highest BCUT2D eigenvalue weighted by Crippen LogP contribution is 2.40. The quantitative estimate of drug-likeness (QED) is 0.473. The normalized spacial score (nSPS) is 18.5.